The quantitative estimate of drug-likeness (QED) is 0.230. The first-order valence-electron chi connectivity index (χ1n) is 7.62. The van der Waals surface area contributed by atoms with E-state index in [0.29, 0.717) is 17.7 Å². The van der Waals surface area contributed by atoms with Gasteiger partial charge in [-0.2, -0.15) is 8.62 Å². The number of H-pyrrole nitrogens is 1. The number of alkyl halides is 2. The Bertz CT molecular complexity index is 1100. The fraction of sp³-hybridized carbons (Fsp3) is 0.600. The van der Waals surface area contributed by atoms with Crippen molar-refractivity contribution < 1.29 is 65.0 Å². The average molecular weight is 518 g/mol. The summed E-state index contributed by atoms with van der Waals surface area (Å²) in [6, 6.07) is 0.748. The average Bonchev–Trinajstić information content (AvgIpc) is 2.71. The molecule has 0 spiro atoms. The molecular formula is C10H15F2N2O14P3. The zero-order valence-electron chi connectivity index (χ0n) is 15.0. The van der Waals surface area contributed by atoms with E-state index in [1.807, 2.05) is 0 Å². The molecule has 1 fully saturated rings. The Morgan fingerprint density at radius 1 is 1.16 bits per heavy atom. The van der Waals surface area contributed by atoms with Gasteiger partial charge in [-0.25, -0.2) is 27.3 Å². The molecule has 4 unspecified atom stereocenters. The lowest BCUT2D eigenvalue weighted by Gasteiger charge is -2.25. The summed E-state index contributed by atoms with van der Waals surface area (Å²) in [6.45, 7) is -1.25. The lowest BCUT2D eigenvalue weighted by molar-refractivity contribution is -0.204. The number of aliphatic hydroxyl groups excluding tert-OH is 1. The molecule has 1 aromatic rings. The van der Waals surface area contributed by atoms with Crippen molar-refractivity contribution in [3.63, 3.8) is 0 Å². The topological polar surface area (TPSA) is 244 Å². The van der Waals surface area contributed by atoms with Crippen LogP contribution < -0.4 is 11.2 Å². The van der Waals surface area contributed by atoms with Crippen LogP contribution in [0.3, 0.4) is 0 Å². The molecule has 0 radical (unpaired) electrons. The number of ether oxygens (including phenoxy) is 1. The van der Waals surface area contributed by atoms with E-state index in [4.69, 9.17) is 14.7 Å². The summed E-state index contributed by atoms with van der Waals surface area (Å²) < 4.78 is 79.2. The molecule has 1 aliphatic heterocycles. The molecule has 0 aromatic carbocycles. The summed E-state index contributed by atoms with van der Waals surface area (Å²) in [7, 11) is -17.4. The molecule has 2 rings (SSSR count). The van der Waals surface area contributed by atoms with Crippen molar-refractivity contribution in [1.29, 1.82) is 0 Å². The minimum Gasteiger partial charge on any atom is -0.384 e. The summed E-state index contributed by atoms with van der Waals surface area (Å²) in [5.74, 6) is -3.66. The molecule has 0 amide bonds. The summed E-state index contributed by atoms with van der Waals surface area (Å²) in [4.78, 5) is 59.9. The van der Waals surface area contributed by atoms with Gasteiger partial charge in [-0.3, -0.25) is 18.9 Å². The summed E-state index contributed by atoms with van der Waals surface area (Å²) >= 11 is 0. The van der Waals surface area contributed by atoms with Gasteiger partial charge in [0.05, 0.1) is 0 Å². The van der Waals surface area contributed by atoms with Crippen LogP contribution in [-0.2, 0) is 31.6 Å². The summed E-state index contributed by atoms with van der Waals surface area (Å²) in [5.41, 5.74) is -5.23. The number of aromatic nitrogens is 2. The molecule has 6 atom stereocenters. The van der Waals surface area contributed by atoms with E-state index in [-0.39, 0.29) is 0 Å². The highest BCUT2D eigenvalue weighted by Gasteiger charge is 2.65. The lowest BCUT2D eigenvalue weighted by Crippen LogP contribution is -2.47. The van der Waals surface area contributed by atoms with Gasteiger partial charge in [0.15, 0.2) is 18.0 Å². The Balaban J connectivity index is 2.22. The van der Waals surface area contributed by atoms with Crippen LogP contribution in [0.25, 0.3) is 0 Å². The Labute approximate surface area is 169 Å². The van der Waals surface area contributed by atoms with Gasteiger partial charge >= 0.3 is 29.2 Å². The number of hydrogen-bond acceptors (Lipinski definition) is 10. The van der Waals surface area contributed by atoms with Crippen molar-refractivity contribution >= 4 is 23.5 Å². The van der Waals surface area contributed by atoms with Crippen LogP contribution in [-0.4, -0.2) is 58.5 Å². The van der Waals surface area contributed by atoms with Gasteiger partial charge < -0.3 is 29.4 Å². The van der Waals surface area contributed by atoms with Crippen LogP contribution in [0.4, 0.5) is 8.78 Å². The molecule has 16 nitrogen and oxygen atoms in total. The van der Waals surface area contributed by atoms with Gasteiger partial charge in [0, 0.05) is 12.3 Å². The summed E-state index contributed by atoms with van der Waals surface area (Å²) in [5, 5.41) is 9.95. The molecule has 0 bridgehead atoms. The SMILES string of the molecule is C[C@]1(F)C(n2ccc(=O)[nH]c2=O)O[C@](F)(COP(=O)(O)OP(=O)(O)OP(=O)(O)O)C1O. The standard InChI is InChI=1S/C10H15F2N2O14P3/c1-9(11)6(16)10(12,26-7(9)14-3-2-5(15)13-8(14)17)4-25-30(21,22)28-31(23,24)27-29(18,19)20/h2-3,6-7,16H,4H2,1H3,(H,21,22)(H,23,24)(H,13,15,17)(H2,18,19,20)/t6?,7?,9-,10-/m1/s1. The van der Waals surface area contributed by atoms with Crippen LogP contribution in [0.1, 0.15) is 13.2 Å². The number of hydrogen-bond donors (Lipinski definition) is 6. The van der Waals surface area contributed by atoms with Crippen molar-refractivity contribution in [3.8, 4) is 0 Å². The number of nitrogens with zero attached hydrogens (tertiary/aromatic N) is 1. The predicted octanol–water partition coefficient (Wildman–Crippen LogP) is -0.836. The van der Waals surface area contributed by atoms with Crippen LogP contribution in [0.5, 0.6) is 0 Å². The minimum atomic E-state index is -5.91. The molecule has 178 valence electrons. The van der Waals surface area contributed by atoms with Gasteiger partial charge in [0.2, 0.25) is 0 Å². The Morgan fingerprint density at radius 2 is 1.74 bits per heavy atom. The highest BCUT2D eigenvalue weighted by atomic mass is 31.3. The van der Waals surface area contributed by atoms with Crippen molar-refractivity contribution in [2.24, 2.45) is 0 Å². The van der Waals surface area contributed by atoms with Crippen LogP contribution in [0.2, 0.25) is 0 Å². The largest absolute Gasteiger partial charge is 0.490 e. The highest BCUT2D eigenvalue weighted by molar-refractivity contribution is 7.66. The second-order valence-electron chi connectivity index (χ2n) is 6.19. The molecule has 0 saturated carbocycles. The second kappa shape index (κ2) is 8.33. The van der Waals surface area contributed by atoms with Crippen molar-refractivity contribution in [1.82, 2.24) is 9.55 Å². The second-order valence-corrected chi connectivity index (χ2v) is 10.6. The number of nitrogens with one attached hydrogen (secondary N) is 1. The smallest absolute Gasteiger partial charge is 0.384 e. The van der Waals surface area contributed by atoms with Gasteiger partial charge in [0.25, 0.3) is 11.4 Å². The van der Waals surface area contributed by atoms with Gasteiger partial charge in [0.1, 0.15) is 6.61 Å². The van der Waals surface area contributed by atoms with Gasteiger partial charge in [-0.1, -0.05) is 0 Å². The monoisotopic (exact) mass is 518 g/mol. The normalized spacial score (nSPS) is 33.0. The Hall–Kier alpha value is -1.13. The maximum absolute atomic E-state index is 15.0. The first kappa shape index (κ1) is 26.1. The van der Waals surface area contributed by atoms with E-state index in [9.17, 15) is 42.1 Å². The van der Waals surface area contributed by atoms with Gasteiger partial charge in [-0.15, -0.1) is 0 Å². The third-order valence-corrected chi connectivity index (χ3v) is 7.46. The van der Waals surface area contributed by atoms with Gasteiger partial charge in [-0.05, 0) is 6.92 Å². The molecule has 21 heteroatoms. The number of rotatable bonds is 8. The number of phosphoric ester groups is 1. The van der Waals surface area contributed by atoms with Crippen LogP contribution in [0, 0.1) is 0 Å². The predicted molar refractivity (Wildman–Crippen MR) is 90.6 cm³/mol. The number of halogens is 2. The van der Waals surface area contributed by atoms with E-state index < -0.39 is 65.2 Å². The number of aromatic amines is 1. The van der Waals surface area contributed by atoms with Crippen molar-refractivity contribution in [3.05, 3.63) is 33.1 Å². The molecule has 0 aliphatic carbocycles. The lowest BCUT2D eigenvalue weighted by atomic mass is 9.97. The Kier molecular flexibility index (Phi) is 7.02. The van der Waals surface area contributed by atoms with Crippen molar-refractivity contribution in [2.45, 2.75) is 30.8 Å². The Morgan fingerprint density at radius 3 is 2.26 bits per heavy atom. The van der Waals surface area contributed by atoms with Crippen LogP contribution in [0.15, 0.2) is 21.9 Å². The first-order chi connectivity index (χ1) is 13.8. The fourth-order valence-electron chi connectivity index (χ4n) is 2.45. The zero-order valence-corrected chi connectivity index (χ0v) is 17.7. The minimum absolute atomic E-state index is 0.358. The summed E-state index contributed by atoms with van der Waals surface area (Å²) in [6.07, 6.45) is -4.29. The molecule has 1 aromatic heterocycles. The van der Waals surface area contributed by atoms with E-state index in [2.05, 4.69) is 17.9 Å². The maximum Gasteiger partial charge on any atom is 0.490 e. The highest BCUT2D eigenvalue weighted by Crippen LogP contribution is 2.66. The maximum atomic E-state index is 15.0. The first-order valence-corrected chi connectivity index (χ1v) is 12.1. The third kappa shape index (κ3) is 6.22. The molecule has 6 N–H and O–H groups in total. The number of phosphoric acid groups is 3. The molecule has 1 aliphatic rings. The molecular weight excluding hydrogens is 503 g/mol. The molecule has 31 heavy (non-hydrogen) atoms. The molecule has 1 saturated heterocycles. The fourth-order valence-corrected chi connectivity index (χ4v) is 5.48. The van der Waals surface area contributed by atoms with Crippen LogP contribution >= 0.6 is 23.5 Å². The molecule has 2 heterocycles. The third-order valence-electron chi connectivity index (χ3n) is 3.68. The van der Waals surface area contributed by atoms with E-state index in [1.165, 1.54) is 0 Å². The number of aliphatic hydroxyl groups is 1. The van der Waals surface area contributed by atoms with Crippen molar-refractivity contribution in [2.75, 3.05) is 6.61 Å². The zero-order chi connectivity index (χ0) is 24.0. The van der Waals surface area contributed by atoms with E-state index >= 15 is 0 Å². The van der Waals surface area contributed by atoms with E-state index in [1.54, 1.807) is 4.98 Å². The van der Waals surface area contributed by atoms with E-state index in [0.717, 1.165) is 6.07 Å².